The molecule has 0 N–H and O–H groups in total. The number of thiazole rings is 1. The van der Waals surface area contributed by atoms with Crippen LogP contribution in [0.5, 0.6) is 17.2 Å². The first-order valence-electron chi connectivity index (χ1n) is 13.4. The molecule has 8 nitrogen and oxygen atoms in total. The SMILES string of the molecule is C=CCOc1c(Br)cc(/C=c2\sc3n(c2=O)[C@H](c2ccc(OC)cc2)C(C(=O)OCC)=C(c2ccccc2)N=3)cc1OC. The topological polar surface area (TPSA) is 88.4 Å². The second-order valence-corrected chi connectivity index (χ2v) is 11.2. The fraction of sp³-hybridized carbons (Fsp3) is 0.182. The van der Waals surface area contributed by atoms with Crippen molar-refractivity contribution in [1.29, 1.82) is 0 Å². The molecular formula is C33H29BrN2O6S. The van der Waals surface area contributed by atoms with E-state index in [0.29, 0.717) is 54.5 Å². The normalized spacial score (nSPS) is 14.5. The number of carbonyl (C=O) groups is 1. The predicted octanol–water partition coefficient (Wildman–Crippen LogP) is 5.28. The van der Waals surface area contributed by atoms with Crippen LogP contribution in [0.25, 0.3) is 11.8 Å². The Balaban J connectivity index is 1.76. The highest BCUT2D eigenvalue weighted by atomic mass is 79.9. The molecule has 220 valence electrons. The van der Waals surface area contributed by atoms with Crippen LogP contribution >= 0.6 is 27.3 Å². The Morgan fingerprint density at radius 2 is 1.84 bits per heavy atom. The summed E-state index contributed by atoms with van der Waals surface area (Å²) in [5.41, 5.74) is 2.62. The van der Waals surface area contributed by atoms with Crippen molar-refractivity contribution in [1.82, 2.24) is 4.57 Å². The number of hydrogen-bond acceptors (Lipinski definition) is 8. The van der Waals surface area contributed by atoms with Crippen LogP contribution in [-0.2, 0) is 9.53 Å². The number of aromatic nitrogens is 1. The van der Waals surface area contributed by atoms with Crippen molar-refractivity contribution >= 4 is 45.0 Å². The average Bonchev–Trinajstić information content (AvgIpc) is 3.34. The van der Waals surface area contributed by atoms with Crippen molar-refractivity contribution in [2.45, 2.75) is 13.0 Å². The zero-order chi connectivity index (χ0) is 30.5. The third-order valence-electron chi connectivity index (χ3n) is 6.70. The molecule has 0 radical (unpaired) electrons. The first-order valence-corrected chi connectivity index (χ1v) is 15.0. The Hall–Kier alpha value is -4.41. The van der Waals surface area contributed by atoms with Crippen LogP contribution < -0.4 is 29.1 Å². The van der Waals surface area contributed by atoms with Crippen LogP contribution in [0.4, 0.5) is 0 Å². The van der Waals surface area contributed by atoms with Crippen molar-refractivity contribution in [2.75, 3.05) is 27.4 Å². The van der Waals surface area contributed by atoms with Crippen molar-refractivity contribution in [3.63, 3.8) is 0 Å². The van der Waals surface area contributed by atoms with Gasteiger partial charge in [0.25, 0.3) is 5.56 Å². The zero-order valence-corrected chi connectivity index (χ0v) is 26.2. The molecule has 0 spiro atoms. The van der Waals surface area contributed by atoms with Crippen molar-refractivity contribution in [2.24, 2.45) is 4.99 Å². The van der Waals surface area contributed by atoms with Crippen LogP contribution in [0.2, 0.25) is 0 Å². The minimum absolute atomic E-state index is 0.174. The van der Waals surface area contributed by atoms with Gasteiger partial charge in [-0.05, 0) is 64.3 Å². The second-order valence-electron chi connectivity index (χ2n) is 9.34. The van der Waals surface area contributed by atoms with Gasteiger partial charge in [-0.15, -0.1) is 0 Å². The first kappa shape index (κ1) is 30.1. The summed E-state index contributed by atoms with van der Waals surface area (Å²) >= 11 is 4.80. The third-order valence-corrected chi connectivity index (χ3v) is 8.27. The van der Waals surface area contributed by atoms with E-state index >= 15 is 0 Å². The lowest BCUT2D eigenvalue weighted by Gasteiger charge is -2.26. The number of hydrogen-bond donors (Lipinski definition) is 0. The van der Waals surface area contributed by atoms with Gasteiger partial charge in [-0.1, -0.05) is 66.5 Å². The molecule has 0 saturated heterocycles. The van der Waals surface area contributed by atoms with Gasteiger partial charge in [0, 0.05) is 5.56 Å². The molecular weight excluding hydrogens is 632 g/mol. The monoisotopic (exact) mass is 660 g/mol. The summed E-state index contributed by atoms with van der Waals surface area (Å²) in [7, 11) is 3.14. The number of halogens is 1. The largest absolute Gasteiger partial charge is 0.497 e. The summed E-state index contributed by atoms with van der Waals surface area (Å²) in [4.78, 5) is 33.1. The standard InChI is InChI=1S/C33H29BrN2O6S/c1-5-16-42-30-24(34)17-20(18-25(30)40-4)19-26-31(37)36-29(22-12-14-23(39-3)15-13-22)27(32(38)41-6-2)28(35-33(36)43-26)21-10-8-7-9-11-21/h5,7-15,17-19,29H,1,6,16H2,2-4H3/b26-19-/t29-/m1/s1. The van der Waals surface area contributed by atoms with Gasteiger partial charge in [0.2, 0.25) is 0 Å². The fourth-order valence-corrected chi connectivity index (χ4v) is 6.37. The highest BCUT2D eigenvalue weighted by Crippen LogP contribution is 2.38. The molecule has 2 heterocycles. The van der Waals surface area contributed by atoms with Gasteiger partial charge in [-0.3, -0.25) is 9.36 Å². The number of ether oxygens (including phenoxy) is 4. The van der Waals surface area contributed by atoms with E-state index in [1.165, 1.54) is 11.3 Å². The summed E-state index contributed by atoms with van der Waals surface area (Å²) in [5, 5.41) is 0. The van der Waals surface area contributed by atoms with Gasteiger partial charge in [0.1, 0.15) is 12.4 Å². The quantitative estimate of drug-likeness (QED) is 0.170. The van der Waals surface area contributed by atoms with Gasteiger partial charge in [-0.25, -0.2) is 9.79 Å². The molecule has 4 aromatic rings. The number of methoxy groups -OCH3 is 2. The van der Waals surface area contributed by atoms with Gasteiger partial charge < -0.3 is 18.9 Å². The molecule has 10 heteroatoms. The van der Waals surface area contributed by atoms with Crippen LogP contribution in [0.1, 0.15) is 29.7 Å². The van der Waals surface area contributed by atoms with Gasteiger partial charge >= 0.3 is 5.97 Å². The fourth-order valence-electron chi connectivity index (χ4n) is 4.80. The Kier molecular flexibility index (Phi) is 9.27. The summed E-state index contributed by atoms with van der Waals surface area (Å²) in [6.07, 6.45) is 3.42. The molecule has 5 rings (SSSR count). The summed E-state index contributed by atoms with van der Waals surface area (Å²) in [5.74, 6) is 1.15. The Bertz CT molecular complexity index is 1880. The molecule has 0 unspecified atom stereocenters. The van der Waals surface area contributed by atoms with Crippen LogP contribution in [-0.4, -0.2) is 38.0 Å². The van der Waals surface area contributed by atoms with Crippen molar-refractivity contribution < 1.29 is 23.7 Å². The number of nitrogens with zero attached hydrogens (tertiary/aromatic N) is 2. The molecule has 0 amide bonds. The molecule has 43 heavy (non-hydrogen) atoms. The molecule has 0 bridgehead atoms. The summed E-state index contributed by atoms with van der Waals surface area (Å²) < 4.78 is 24.9. The van der Waals surface area contributed by atoms with Crippen molar-refractivity contribution in [3.8, 4) is 17.2 Å². The van der Waals surface area contributed by atoms with E-state index in [1.807, 2.05) is 48.5 Å². The molecule has 0 saturated carbocycles. The smallest absolute Gasteiger partial charge is 0.338 e. The molecule has 1 aromatic heterocycles. The third kappa shape index (κ3) is 6.07. The lowest BCUT2D eigenvalue weighted by molar-refractivity contribution is -0.138. The van der Waals surface area contributed by atoms with E-state index in [4.69, 9.17) is 23.9 Å². The maximum Gasteiger partial charge on any atom is 0.338 e. The van der Waals surface area contributed by atoms with E-state index in [0.717, 1.165) is 5.56 Å². The molecule has 1 atom stereocenters. The lowest BCUT2D eigenvalue weighted by atomic mass is 9.93. The van der Waals surface area contributed by atoms with Gasteiger partial charge in [0.15, 0.2) is 16.3 Å². The highest BCUT2D eigenvalue weighted by molar-refractivity contribution is 9.10. The van der Waals surface area contributed by atoms with Crippen LogP contribution in [0.15, 0.2) is 99.2 Å². The Morgan fingerprint density at radius 1 is 1.09 bits per heavy atom. The maximum absolute atomic E-state index is 14.1. The first-order chi connectivity index (χ1) is 20.9. The number of esters is 1. The van der Waals surface area contributed by atoms with Crippen LogP contribution in [0, 0.1) is 0 Å². The van der Waals surface area contributed by atoms with Gasteiger partial charge in [0.05, 0.1) is 47.1 Å². The van der Waals surface area contributed by atoms with E-state index in [1.54, 1.807) is 56.1 Å². The average molecular weight is 662 g/mol. The zero-order valence-electron chi connectivity index (χ0n) is 23.8. The second kappa shape index (κ2) is 13.3. The lowest BCUT2D eigenvalue weighted by Crippen LogP contribution is -2.40. The van der Waals surface area contributed by atoms with E-state index in [2.05, 4.69) is 22.5 Å². The molecule has 0 aliphatic carbocycles. The molecule has 3 aromatic carbocycles. The number of fused-ring (bicyclic) bond motifs is 1. The van der Waals surface area contributed by atoms with Crippen LogP contribution in [0.3, 0.4) is 0 Å². The highest BCUT2D eigenvalue weighted by Gasteiger charge is 2.35. The number of rotatable bonds is 10. The molecule has 0 fully saturated rings. The van der Waals surface area contributed by atoms with Crippen molar-refractivity contribution in [3.05, 3.63) is 126 Å². The van der Waals surface area contributed by atoms with E-state index < -0.39 is 12.0 Å². The van der Waals surface area contributed by atoms with Gasteiger partial charge in [-0.2, -0.15) is 0 Å². The summed E-state index contributed by atoms with van der Waals surface area (Å²) in [6.45, 7) is 5.93. The Labute approximate surface area is 261 Å². The maximum atomic E-state index is 14.1. The minimum Gasteiger partial charge on any atom is -0.497 e. The molecule has 1 aliphatic heterocycles. The van der Waals surface area contributed by atoms with E-state index in [-0.39, 0.29) is 17.7 Å². The Morgan fingerprint density at radius 3 is 2.49 bits per heavy atom. The predicted molar refractivity (Wildman–Crippen MR) is 170 cm³/mol. The van der Waals surface area contributed by atoms with E-state index in [9.17, 15) is 9.59 Å². The summed E-state index contributed by atoms with van der Waals surface area (Å²) in [6, 6.07) is 19.6. The number of benzene rings is 3. The molecule has 1 aliphatic rings. The number of carbonyl (C=O) groups excluding carboxylic acids is 1. The minimum atomic E-state index is -0.783.